The first kappa shape index (κ1) is 20.4. The molecular formula is C25H18ClN3O2S. The number of nitrogens with one attached hydrogen (secondary N) is 1. The van der Waals surface area contributed by atoms with Gasteiger partial charge in [0.15, 0.2) is 0 Å². The quantitative estimate of drug-likeness (QED) is 0.310. The number of aryl methyl sites for hydroxylation is 2. The average Bonchev–Trinajstić information content (AvgIpc) is 3.37. The molecule has 0 saturated heterocycles. The minimum atomic E-state index is -0.304. The van der Waals surface area contributed by atoms with Crippen molar-refractivity contribution in [3.8, 4) is 21.8 Å². The van der Waals surface area contributed by atoms with Crippen molar-refractivity contribution in [3.63, 3.8) is 0 Å². The lowest BCUT2D eigenvalue weighted by Gasteiger charge is -2.07. The molecule has 32 heavy (non-hydrogen) atoms. The number of fused-ring (bicyclic) bond motifs is 1. The number of thiazole rings is 1. The number of halogens is 1. The van der Waals surface area contributed by atoms with E-state index >= 15 is 0 Å². The number of carbonyl (C=O) groups excluding carboxylic acids is 1. The van der Waals surface area contributed by atoms with E-state index in [2.05, 4.69) is 29.5 Å². The van der Waals surface area contributed by atoms with E-state index in [1.807, 2.05) is 48.5 Å². The van der Waals surface area contributed by atoms with Gasteiger partial charge in [-0.1, -0.05) is 41.0 Å². The number of amides is 1. The second-order valence-corrected chi connectivity index (χ2v) is 8.90. The minimum Gasteiger partial charge on any atom is -0.360 e. The zero-order valence-electron chi connectivity index (χ0n) is 17.3. The molecular weight excluding hydrogens is 442 g/mol. The van der Waals surface area contributed by atoms with Crippen LogP contribution < -0.4 is 5.32 Å². The van der Waals surface area contributed by atoms with Gasteiger partial charge in [0.1, 0.15) is 22.0 Å². The Labute approximate surface area is 193 Å². The molecule has 158 valence electrons. The molecule has 0 aliphatic rings. The first-order valence-electron chi connectivity index (χ1n) is 10.00. The lowest BCUT2D eigenvalue weighted by atomic mass is 10.1. The van der Waals surface area contributed by atoms with E-state index in [-0.39, 0.29) is 5.91 Å². The lowest BCUT2D eigenvalue weighted by molar-refractivity contribution is 0.102. The van der Waals surface area contributed by atoms with Crippen LogP contribution in [0.4, 0.5) is 5.69 Å². The van der Waals surface area contributed by atoms with Gasteiger partial charge >= 0.3 is 0 Å². The van der Waals surface area contributed by atoms with Gasteiger partial charge in [-0.25, -0.2) is 4.98 Å². The average molecular weight is 460 g/mol. The maximum atomic E-state index is 13.0. The Morgan fingerprint density at radius 1 is 1.03 bits per heavy atom. The van der Waals surface area contributed by atoms with Crippen molar-refractivity contribution in [2.24, 2.45) is 0 Å². The Balaban J connectivity index is 1.40. The number of anilines is 1. The summed E-state index contributed by atoms with van der Waals surface area (Å²) in [5.41, 5.74) is 5.31. The zero-order chi connectivity index (χ0) is 22.2. The highest BCUT2D eigenvalue weighted by molar-refractivity contribution is 7.21. The number of benzene rings is 3. The van der Waals surface area contributed by atoms with E-state index in [1.54, 1.807) is 24.3 Å². The minimum absolute atomic E-state index is 0.304. The second-order valence-electron chi connectivity index (χ2n) is 7.46. The third-order valence-electron chi connectivity index (χ3n) is 5.15. The molecule has 1 amide bonds. The van der Waals surface area contributed by atoms with Crippen LogP contribution in [-0.2, 0) is 0 Å². The molecule has 0 aliphatic carbocycles. The van der Waals surface area contributed by atoms with E-state index in [9.17, 15) is 4.79 Å². The SMILES string of the molecule is Cc1ccc2nc(-c3ccc(NC(=O)c4c(-c5ccccc5Cl)noc4C)cc3)sc2c1. The fourth-order valence-corrected chi connectivity index (χ4v) is 4.82. The van der Waals surface area contributed by atoms with Crippen LogP contribution in [0.25, 0.3) is 32.0 Å². The lowest BCUT2D eigenvalue weighted by Crippen LogP contribution is -2.13. The monoisotopic (exact) mass is 459 g/mol. The summed E-state index contributed by atoms with van der Waals surface area (Å²) in [4.78, 5) is 17.8. The summed E-state index contributed by atoms with van der Waals surface area (Å²) in [6, 6.07) is 21.1. The van der Waals surface area contributed by atoms with Crippen LogP contribution in [0.3, 0.4) is 0 Å². The van der Waals surface area contributed by atoms with Crippen molar-refractivity contribution in [1.29, 1.82) is 0 Å². The predicted octanol–water partition coefficient (Wildman–Crippen LogP) is 7.14. The Morgan fingerprint density at radius 2 is 1.81 bits per heavy atom. The Bertz CT molecular complexity index is 1450. The largest absolute Gasteiger partial charge is 0.360 e. The summed E-state index contributed by atoms with van der Waals surface area (Å²) in [7, 11) is 0. The van der Waals surface area contributed by atoms with E-state index in [4.69, 9.17) is 21.1 Å². The van der Waals surface area contributed by atoms with Crippen molar-refractivity contribution in [1.82, 2.24) is 10.1 Å². The van der Waals surface area contributed by atoms with Gasteiger partial charge in [-0.2, -0.15) is 0 Å². The van der Waals surface area contributed by atoms with E-state index in [0.29, 0.717) is 33.3 Å². The van der Waals surface area contributed by atoms with E-state index < -0.39 is 0 Å². The predicted molar refractivity (Wildman–Crippen MR) is 129 cm³/mol. The van der Waals surface area contributed by atoms with Gasteiger partial charge in [0.25, 0.3) is 5.91 Å². The maximum Gasteiger partial charge on any atom is 0.261 e. The highest BCUT2D eigenvalue weighted by atomic mass is 35.5. The molecule has 3 aromatic carbocycles. The number of carbonyl (C=O) groups is 1. The Kier molecular flexibility index (Phi) is 5.25. The summed E-state index contributed by atoms with van der Waals surface area (Å²) in [6.45, 7) is 3.78. The van der Waals surface area contributed by atoms with Crippen LogP contribution in [0.15, 0.2) is 71.3 Å². The van der Waals surface area contributed by atoms with Crippen molar-refractivity contribution in [3.05, 3.63) is 88.6 Å². The van der Waals surface area contributed by atoms with Gasteiger partial charge in [0.05, 0.1) is 15.2 Å². The highest BCUT2D eigenvalue weighted by Crippen LogP contribution is 2.33. The van der Waals surface area contributed by atoms with Crippen molar-refractivity contribution < 1.29 is 9.32 Å². The molecule has 0 saturated carbocycles. The molecule has 0 unspecified atom stereocenters. The molecule has 0 radical (unpaired) electrons. The number of aromatic nitrogens is 2. The molecule has 1 N–H and O–H groups in total. The molecule has 5 aromatic rings. The topological polar surface area (TPSA) is 68.0 Å². The van der Waals surface area contributed by atoms with Gasteiger partial charge in [0, 0.05) is 16.8 Å². The van der Waals surface area contributed by atoms with Gasteiger partial charge in [-0.3, -0.25) is 4.79 Å². The number of hydrogen-bond acceptors (Lipinski definition) is 5. The molecule has 5 nitrogen and oxygen atoms in total. The summed E-state index contributed by atoms with van der Waals surface area (Å²) >= 11 is 7.95. The molecule has 7 heteroatoms. The molecule has 0 spiro atoms. The second kappa shape index (κ2) is 8.22. The van der Waals surface area contributed by atoms with Gasteiger partial charge in [-0.15, -0.1) is 11.3 Å². The van der Waals surface area contributed by atoms with Crippen LogP contribution in [-0.4, -0.2) is 16.0 Å². The normalized spacial score (nSPS) is 11.1. The van der Waals surface area contributed by atoms with Crippen LogP contribution in [0.1, 0.15) is 21.7 Å². The molecule has 0 bridgehead atoms. The third kappa shape index (κ3) is 3.79. The van der Waals surface area contributed by atoms with Crippen LogP contribution in [0.5, 0.6) is 0 Å². The smallest absolute Gasteiger partial charge is 0.261 e. The van der Waals surface area contributed by atoms with E-state index in [0.717, 1.165) is 20.8 Å². The number of rotatable bonds is 4. The standard InChI is InChI=1S/C25H18ClN3O2S/c1-14-7-12-20-21(13-14)32-25(28-20)16-8-10-17(11-9-16)27-24(30)22-15(2)31-29-23(22)18-5-3-4-6-19(18)26/h3-13H,1-2H3,(H,27,30). The summed E-state index contributed by atoms with van der Waals surface area (Å²) in [5.74, 6) is 0.126. The zero-order valence-corrected chi connectivity index (χ0v) is 18.9. The molecule has 0 fully saturated rings. The van der Waals surface area contributed by atoms with E-state index in [1.165, 1.54) is 5.56 Å². The highest BCUT2D eigenvalue weighted by Gasteiger charge is 2.23. The molecule has 0 aliphatic heterocycles. The van der Waals surface area contributed by atoms with Gasteiger partial charge in [-0.05, 0) is 61.9 Å². The molecule has 2 heterocycles. The summed E-state index contributed by atoms with van der Waals surface area (Å²) in [6.07, 6.45) is 0. The number of nitrogens with zero attached hydrogens (tertiary/aromatic N) is 2. The van der Waals surface area contributed by atoms with Gasteiger partial charge < -0.3 is 9.84 Å². The molecule has 5 rings (SSSR count). The fraction of sp³-hybridized carbons (Fsp3) is 0.0800. The summed E-state index contributed by atoms with van der Waals surface area (Å²) in [5, 5.41) is 8.44. The van der Waals surface area contributed by atoms with Crippen molar-refractivity contribution >= 4 is 44.7 Å². The van der Waals surface area contributed by atoms with Crippen LogP contribution >= 0.6 is 22.9 Å². The van der Waals surface area contributed by atoms with Gasteiger partial charge in [0.2, 0.25) is 0 Å². The molecule has 2 aromatic heterocycles. The van der Waals surface area contributed by atoms with Crippen LogP contribution in [0, 0.1) is 13.8 Å². The van der Waals surface area contributed by atoms with Crippen LogP contribution in [0.2, 0.25) is 5.02 Å². The fourth-order valence-electron chi connectivity index (χ4n) is 3.52. The first-order chi connectivity index (χ1) is 15.5. The third-order valence-corrected chi connectivity index (χ3v) is 6.55. The van der Waals surface area contributed by atoms with Crippen molar-refractivity contribution in [2.75, 3.05) is 5.32 Å². The Morgan fingerprint density at radius 3 is 2.59 bits per heavy atom. The first-order valence-corrected chi connectivity index (χ1v) is 11.2. The summed E-state index contributed by atoms with van der Waals surface area (Å²) < 4.78 is 6.46. The Hall–Kier alpha value is -3.48. The molecule has 0 atom stereocenters. The maximum absolute atomic E-state index is 13.0. The van der Waals surface area contributed by atoms with Crippen molar-refractivity contribution in [2.45, 2.75) is 13.8 Å². The number of hydrogen-bond donors (Lipinski definition) is 1.